The first-order chi connectivity index (χ1) is 7.58. The van der Waals surface area contributed by atoms with Gasteiger partial charge in [0.05, 0.1) is 5.56 Å². The fourth-order valence-electron chi connectivity index (χ4n) is 2.53. The smallest absolute Gasteiger partial charge is 0.255 e. The van der Waals surface area contributed by atoms with Gasteiger partial charge in [0, 0.05) is 31.0 Å². The van der Waals surface area contributed by atoms with Gasteiger partial charge in [0.15, 0.2) is 0 Å². The number of piperidine rings is 1. The first kappa shape index (κ1) is 9.78. The molecule has 1 aromatic heterocycles. The summed E-state index contributed by atoms with van der Waals surface area (Å²) in [5.74, 6) is 0.586. The highest BCUT2D eigenvalue weighted by Gasteiger charge is 2.58. The van der Waals surface area contributed by atoms with Gasteiger partial charge in [0.1, 0.15) is 0 Å². The van der Waals surface area contributed by atoms with Crippen molar-refractivity contribution in [1.29, 1.82) is 0 Å². The molecular formula is C12H15N3O. The topological polar surface area (TPSA) is 59.2 Å². The van der Waals surface area contributed by atoms with Gasteiger partial charge in [-0.1, -0.05) is 0 Å². The molecule has 4 nitrogen and oxygen atoms in total. The van der Waals surface area contributed by atoms with E-state index in [0.717, 1.165) is 18.5 Å². The van der Waals surface area contributed by atoms with Crippen molar-refractivity contribution in [1.82, 2.24) is 9.88 Å². The van der Waals surface area contributed by atoms with E-state index in [2.05, 4.69) is 4.98 Å². The molecule has 0 bridgehead atoms. The van der Waals surface area contributed by atoms with E-state index in [-0.39, 0.29) is 11.4 Å². The van der Waals surface area contributed by atoms with Crippen molar-refractivity contribution >= 4 is 5.91 Å². The van der Waals surface area contributed by atoms with Gasteiger partial charge in [0.25, 0.3) is 5.91 Å². The molecule has 3 rings (SSSR count). The molecule has 4 heteroatoms. The van der Waals surface area contributed by atoms with Crippen molar-refractivity contribution in [2.24, 2.45) is 11.7 Å². The maximum Gasteiger partial charge on any atom is 0.255 e. The summed E-state index contributed by atoms with van der Waals surface area (Å²) < 4.78 is 0. The van der Waals surface area contributed by atoms with E-state index in [1.807, 2.05) is 17.9 Å². The summed E-state index contributed by atoms with van der Waals surface area (Å²) >= 11 is 0. The highest BCUT2D eigenvalue weighted by Crippen LogP contribution is 2.47. The van der Waals surface area contributed by atoms with Crippen LogP contribution in [0.3, 0.4) is 0 Å². The standard InChI is InChI=1S/C12H15N3O/c1-8-2-9(5-14-4-8)11(16)15-6-10-3-12(10,13)7-15/h2,4-5,10H,3,6-7,13H2,1H3. The fraction of sp³-hybridized carbons (Fsp3) is 0.500. The van der Waals surface area contributed by atoms with Gasteiger partial charge < -0.3 is 10.6 Å². The quantitative estimate of drug-likeness (QED) is 0.748. The van der Waals surface area contributed by atoms with Crippen LogP contribution in [0.15, 0.2) is 18.5 Å². The summed E-state index contributed by atoms with van der Waals surface area (Å²) in [4.78, 5) is 18.0. The van der Waals surface area contributed by atoms with Crippen molar-refractivity contribution in [2.75, 3.05) is 13.1 Å². The minimum Gasteiger partial charge on any atom is -0.336 e. The second kappa shape index (κ2) is 3.04. The number of aromatic nitrogens is 1. The zero-order valence-corrected chi connectivity index (χ0v) is 9.31. The summed E-state index contributed by atoms with van der Waals surface area (Å²) in [6.07, 6.45) is 4.45. The summed E-state index contributed by atoms with van der Waals surface area (Å²) in [6.45, 7) is 3.45. The molecule has 1 saturated heterocycles. The molecule has 1 amide bonds. The number of amides is 1. The Labute approximate surface area is 94.5 Å². The predicted octanol–water partition coefficient (Wildman–Crippen LogP) is 0.563. The van der Waals surface area contributed by atoms with Crippen LogP contribution in [0.1, 0.15) is 22.3 Å². The summed E-state index contributed by atoms with van der Waals surface area (Å²) in [5.41, 5.74) is 7.68. The minimum atomic E-state index is -0.0765. The van der Waals surface area contributed by atoms with E-state index in [0.29, 0.717) is 18.0 Å². The number of rotatable bonds is 1. The zero-order chi connectivity index (χ0) is 11.3. The molecule has 2 fully saturated rings. The fourth-order valence-corrected chi connectivity index (χ4v) is 2.53. The number of hydrogen-bond acceptors (Lipinski definition) is 3. The van der Waals surface area contributed by atoms with Gasteiger partial charge in [-0.15, -0.1) is 0 Å². The highest BCUT2D eigenvalue weighted by molar-refractivity contribution is 5.94. The SMILES string of the molecule is Cc1cncc(C(=O)N2CC3CC3(N)C2)c1. The van der Waals surface area contributed by atoms with Crippen LogP contribution in [0.4, 0.5) is 0 Å². The molecule has 1 aliphatic carbocycles. The lowest BCUT2D eigenvalue weighted by Gasteiger charge is -2.19. The van der Waals surface area contributed by atoms with E-state index >= 15 is 0 Å². The van der Waals surface area contributed by atoms with Crippen LogP contribution < -0.4 is 5.73 Å². The number of aryl methyl sites for hydroxylation is 1. The Kier molecular flexibility index (Phi) is 1.86. The highest BCUT2D eigenvalue weighted by atomic mass is 16.2. The zero-order valence-electron chi connectivity index (χ0n) is 9.31. The number of nitrogens with two attached hydrogens (primary N) is 1. The van der Waals surface area contributed by atoms with Crippen molar-refractivity contribution in [3.8, 4) is 0 Å². The van der Waals surface area contributed by atoms with Crippen molar-refractivity contribution in [3.63, 3.8) is 0 Å². The number of carbonyl (C=O) groups is 1. The van der Waals surface area contributed by atoms with Crippen LogP contribution in [0.25, 0.3) is 0 Å². The first-order valence-electron chi connectivity index (χ1n) is 5.58. The van der Waals surface area contributed by atoms with Gasteiger partial charge in [-0.2, -0.15) is 0 Å². The van der Waals surface area contributed by atoms with E-state index in [1.165, 1.54) is 0 Å². The second-order valence-electron chi connectivity index (χ2n) is 5.07. The van der Waals surface area contributed by atoms with E-state index in [1.54, 1.807) is 12.4 Å². The molecule has 0 radical (unpaired) electrons. The van der Waals surface area contributed by atoms with Crippen molar-refractivity contribution in [3.05, 3.63) is 29.6 Å². The molecule has 16 heavy (non-hydrogen) atoms. The third-order valence-electron chi connectivity index (χ3n) is 3.61. The number of carbonyl (C=O) groups excluding carboxylic acids is 1. The normalized spacial score (nSPS) is 31.4. The molecule has 2 heterocycles. The Bertz CT molecular complexity index is 459. The molecule has 1 aromatic rings. The lowest BCUT2D eigenvalue weighted by Crippen LogP contribution is -2.37. The monoisotopic (exact) mass is 217 g/mol. The number of pyridine rings is 1. The maximum absolute atomic E-state index is 12.1. The van der Waals surface area contributed by atoms with Crippen LogP contribution in [0.2, 0.25) is 0 Å². The van der Waals surface area contributed by atoms with Gasteiger partial charge in [0.2, 0.25) is 0 Å². The molecule has 2 aliphatic rings. The molecule has 2 unspecified atom stereocenters. The largest absolute Gasteiger partial charge is 0.336 e. The van der Waals surface area contributed by atoms with E-state index in [9.17, 15) is 4.79 Å². The van der Waals surface area contributed by atoms with Crippen LogP contribution in [0.5, 0.6) is 0 Å². The number of nitrogens with zero attached hydrogens (tertiary/aromatic N) is 2. The first-order valence-corrected chi connectivity index (χ1v) is 5.58. The minimum absolute atomic E-state index is 0.0632. The van der Waals surface area contributed by atoms with Crippen molar-refractivity contribution in [2.45, 2.75) is 18.9 Å². The summed E-state index contributed by atoms with van der Waals surface area (Å²) in [6, 6.07) is 1.88. The van der Waals surface area contributed by atoms with Gasteiger partial charge >= 0.3 is 0 Å². The predicted molar refractivity (Wildman–Crippen MR) is 59.9 cm³/mol. The Hall–Kier alpha value is -1.42. The van der Waals surface area contributed by atoms with E-state index in [4.69, 9.17) is 5.73 Å². The summed E-state index contributed by atoms with van der Waals surface area (Å²) in [5, 5.41) is 0. The number of likely N-dealkylation sites (tertiary alicyclic amines) is 1. The molecule has 84 valence electrons. The average Bonchev–Trinajstić information content (AvgIpc) is 2.76. The molecule has 1 aliphatic heterocycles. The molecular weight excluding hydrogens is 202 g/mol. The number of hydrogen-bond donors (Lipinski definition) is 1. The van der Waals surface area contributed by atoms with E-state index < -0.39 is 0 Å². The van der Waals surface area contributed by atoms with Crippen LogP contribution in [-0.2, 0) is 0 Å². The van der Waals surface area contributed by atoms with Crippen LogP contribution in [0, 0.1) is 12.8 Å². The second-order valence-corrected chi connectivity index (χ2v) is 5.07. The third kappa shape index (κ3) is 1.41. The van der Waals surface area contributed by atoms with Gasteiger partial charge in [-0.3, -0.25) is 9.78 Å². The molecule has 0 aromatic carbocycles. The molecule has 0 spiro atoms. The Morgan fingerprint density at radius 1 is 1.62 bits per heavy atom. The average molecular weight is 217 g/mol. The lowest BCUT2D eigenvalue weighted by atomic mass is 10.2. The third-order valence-corrected chi connectivity index (χ3v) is 3.61. The van der Waals surface area contributed by atoms with Crippen LogP contribution in [-0.4, -0.2) is 34.4 Å². The molecule has 1 saturated carbocycles. The Morgan fingerprint density at radius 2 is 2.44 bits per heavy atom. The Balaban J connectivity index is 1.79. The van der Waals surface area contributed by atoms with Crippen LogP contribution >= 0.6 is 0 Å². The van der Waals surface area contributed by atoms with Gasteiger partial charge in [-0.25, -0.2) is 0 Å². The molecule has 2 N–H and O–H groups in total. The maximum atomic E-state index is 12.1. The molecule has 2 atom stereocenters. The number of fused-ring (bicyclic) bond motifs is 1. The van der Waals surface area contributed by atoms with Crippen molar-refractivity contribution < 1.29 is 4.79 Å². The lowest BCUT2D eigenvalue weighted by molar-refractivity contribution is 0.0772. The Morgan fingerprint density at radius 3 is 3.06 bits per heavy atom. The van der Waals surface area contributed by atoms with Gasteiger partial charge in [-0.05, 0) is 30.9 Å². The summed E-state index contributed by atoms with van der Waals surface area (Å²) in [7, 11) is 0.